The van der Waals surface area contributed by atoms with Crippen LogP contribution in [0.25, 0.3) is 11.0 Å². The van der Waals surface area contributed by atoms with Crippen LogP contribution in [0.5, 0.6) is 5.75 Å². The maximum absolute atomic E-state index is 5.74. The first-order chi connectivity index (χ1) is 8.29. The molecular formula is C14H14O2S. The van der Waals surface area contributed by atoms with Gasteiger partial charge in [0.2, 0.25) is 0 Å². The highest BCUT2D eigenvalue weighted by Gasteiger charge is 2.16. The summed E-state index contributed by atoms with van der Waals surface area (Å²) in [7, 11) is 1.66. The Morgan fingerprint density at radius 3 is 2.71 bits per heavy atom. The summed E-state index contributed by atoms with van der Waals surface area (Å²) in [5.41, 5.74) is 3.46. The quantitative estimate of drug-likeness (QED) is 0.709. The van der Waals surface area contributed by atoms with E-state index in [0.29, 0.717) is 4.71 Å². The summed E-state index contributed by atoms with van der Waals surface area (Å²) in [5, 5.41) is 1.19. The number of aryl methyl sites for hydroxylation is 1. The molecule has 1 aromatic heterocycles. The van der Waals surface area contributed by atoms with Gasteiger partial charge < -0.3 is 9.15 Å². The first-order valence-corrected chi connectivity index (χ1v) is 6.33. The zero-order valence-corrected chi connectivity index (χ0v) is 10.6. The Kier molecular flexibility index (Phi) is 2.63. The van der Waals surface area contributed by atoms with Gasteiger partial charge in [0.05, 0.1) is 7.11 Å². The molecule has 2 aromatic rings. The van der Waals surface area contributed by atoms with Crippen molar-refractivity contribution in [2.75, 3.05) is 7.11 Å². The molecule has 0 bridgehead atoms. The number of benzene rings is 1. The molecule has 1 aliphatic carbocycles. The maximum atomic E-state index is 5.74. The minimum atomic E-state index is 0.653. The average Bonchev–Trinajstić information content (AvgIpc) is 2.38. The molecule has 17 heavy (non-hydrogen) atoms. The first-order valence-electron chi connectivity index (χ1n) is 5.92. The van der Waals surface area contributed by atoms with Gasteiger partial charge in [-0.3, -0.25) is 0 Å². The largest absolute Gasteiger partial charge is 0.497 e. The molecule has 0 saturated heterocycles. The monoisotopic (exact) mass is 246 g/mol. The number of rotatable bonds is 1. The predicted molar refractivity (Wildman–Crippen MR) is 70.2 cm³/mol. The highest BCUT2D eigenvalue weighted by Crippen LogP contribution is 2.31. The van der Waals surface area contributed by atoms with Gasteiger partial charge in [-0.25, -0.2) is 0 Å². The molecule has 88 valence electrons. The fraction of sp³-hybridized carbons (Fsp3) is 0.357. The lowest BCUT2D eigenvalue weighted by atomic mass is 9.91. The Morgan fingerprint density at radius 2 is 1.94 bits per heavy atom. The molecule has 3 heteroatoms. The lowest BCUT2D eigenvalue weighted by Crippen LogP contribution is -2.04. The molecule has 3 rings (SSSR count). The van der Waals surface area contributed by atoms with Crippen molar-refractivity contribution in [1.82, 2.24) is 0 Å². The Labute approximate surface area is 105 Å². The van der Waals surface area contributed by atoms with E-state index in [9.17, 15) is 0 Å². The summed E-state index contributed by atoms with van der Waals surface area (Å²) in [6, 6.07) is 5.98. The fourth-order valence-corrected chi connectivity index (χ4v) is 2.87. The Hall–Kier alpha value is -1.35. The third-order valence-corrected chi connectivity index (χ3v) is 3.76. The third-order valence-electron chi connectivity index (χ3n) is 3.43. The van der Waals surface area contributed by atoms with Gasteiger partial charge in [0.1, 0.15) is 11.3 Å². The smallest absolute Gasteiger partial charge is 0.194 e. The van der Waals surface area contributed by atoms with Crippen molar-refractivity contribution in [3.05, 3.63) is 34.0 Å². The van der Waals surface area contributed by atoms with Crippen LogP contribution in [0.15, 0.2) is 22.6 Å². The topological polar surface area (TPSA) is 22.4 Å². The third kappa shape index (κ3) is 1.75. The van der Waals surface area contributed by atoms with E-state index in [1.54, 1.807) is 7.11 Å². The van der Waals surface area contributed by atoms with Gasteiger partial charge in [-0.05, 0) is 55.6 Å². The predicted octanol–water partition coefficient (Wildman–Crippen LogP) is 4.05. The molecule has 0 amide bonds. The van der Waals surface area contributed by atoms with Crippen molar-refractivity contribution >= 4 is 23.2 Å². The first kappa shape index (κ1) is 10.8. The summed E-state index contributed by atoms with van der Waals surface area (Å²) in [6.45, 7) is 0. The van der Waals surface area contributed by atoms with Gasteiger partial charge in [-0.2, -0.15) is 0 Å². The SMILES string of the molecule is COc1ccc2c3c(c(=S)oc2c1)CCCC3. The van der Waals surface area contributed by atoms with Gasteiger partial charge in [-0.1, -0.05) is 0 Å². The number of ether oxygens (including phenoxy) is 1. The highest BCUT2D eigenvalue weighted by atomic mass is 32.1. The molecule has 0 radical (unpaired) electrons. The van der Waals surface area contributed by atoms with E-state index in [1.165, 1.54) is 29.4 Å². The van der Waals surface area contributed by atoms with Crippen LogP contribution in [0.1, 0.15) is 24.0 Å². The van der Waals surface area contributed by atoms with Gasteiger partial charge in [0.15, 0.2) is 4.71 Å². The summed E-state index contributed by atoms with van der Waals surface area (Å²) in [5.74, 6) is 0.811. The van der Waals surface area contributed by atoms with E-state index >= 15 is 0 Å². The van der Waals surface area contributed by atoms with E-state index in [1.807, 2.05) is 12.1 Å². The Balaban J connectivity index is 2.34. The molecule has 0 saturated carbocycles. The lowest BCUT2D eigenvalue weighted by molar-refractivity contribution is 0.414. The van der Waals surface area contributed by atoms with Gasteiger partial charge in [-0.15, -0.1) is 0 Å². The van der Waals surface area contributed by atoms with Crippen molar-refractivity contribution in [3.63, 3.8) is 0 Å². The average molecular weight is 246 g/mol. The second-order valence-corrected chi connectivity index (χ2v) is 4.79. The van der Waals surface area contributed by atoms with Crippen molar-refractivity contribution in [2.24, 2.45) is 0 Å². The zero-order valence-electron chi connectivity index (χ0n) is 9.79. The number of methoxy groups -OCH3 is 1. The van der Waals surface area contributed by atoms with Crippen LogP contribution in [-0.2, 0) is 12.8 Å². The van der Waals surface area contributed by atoms with Crippen molar-refractivity contribution in [1.29, 1.82) is 0 Å². The normalized spacial score (nSPS) is 14.6. The van der Waals surface area contributed by atoms with E-state index in [-0.39, 0.29) is 0 Å². The van der Waals surface area contributed by atoms with Gasteiger partial charge >= 0.3 is 0 Å². The second-order valence-electron chi connectivity index (χ2n) is 4.42. The highest BCUT2D eigenvalue weighted by molar-refractivity contribution is 7.71. The molecule has 1 aliphatic rings. The van der Waals surface area contributed by atoms with Crippen LogP contribution < -0.4 is 4.74 Å². The molecule has 0 unspecified atom stereocenters. The van der Waals surface area contributed by atoms with E-state index in [2.05, 4.69) is 6.07 Å². The molecule has 1 heterocycles. The van der Waals surface area contributed by atoms with Gasteiger partial charge in [0, 0.05) is 17.0 Å². The lowest BCUT2D eigenvalue weighted by Gasteiger charge is -2.17. The van der Waals surface area contributed by atoms with E-state index in [0.717, 1.165) is 24.2 Å². The fourth-order valence-electron chi connectivity index (χ4n) is 2.55. The Bertz CT molecular complexity index is 628. The van der Waals surface area contributed by atoms with Crippen LogP contribution in [0.2, 0.25) is 0 Å². The summed E-state index contributed by atoms with van der Waals surface area (Å²) < 4.78 is 11.6. The number of hydrogen-bond donors (Lipinski definition) is 0. The molecular weight excluding hydrogens is 232 g/mol. The van der Waals surface area contributed by atoms with Crippen molar-refractivity contribution < 1.29 is 9.15 Å². The minimum absolute atomic E-state index is 0.653. The van der Waals surface area contributed by atoms with E-state index in [4.69, 9.17) is 21.4 Å². The number of hydrogen-bond acceptors (Lipinski definition) is 3. The molecule has 0 atom stereocenters. The van der Waals surface area contributed by atoms with Crippen LogP contribution in [0.3, 0.4) is 0 Å². The Morgan fingerprint density at radius 1 is 1.18 bits per heavy atom. The summed E-state index contributed by atoms with van der Waals surface area (Å²) in [6.07, 6.45) is 4.62. The summed E-state index contributed by atoms with van der Waals surface area (Å²) >= 11 is 5.34. The van der Waals surface area contributed by atoms with Gasteiger partial charge in [0.25, 0.3) is 0 Å². The summed E-state index contributed by atoms with van der Waals surface area (Å²) in [4.78, 5) is 0. The minimum Gasteiger partial charge on any atom is -0.497 e. The molecule has 0 fully saturated rings. The van der Waals surface area contributed by atoms with Crippen molar-refractivity contribution in [3.8, 4) is 5.75 Å². The number of fused-ring (bicyclic) bond motifs is 3. The van der Waals surface area contributed by atoms with Crippen LogP contribution >= 0.6 is 12.2 Å². The van der Waals surface area contributed by atoms with Crippen LogP contribution in [0, 0.1) is 4.71 Å². The molecule has 2 nitrogen and oxygen atoms in total. The molecule has 1 aromatic carbocycles. The van der Waals surface area contributed by atoms with Crippen LogP contribution in [-0.4, -0.2) is 7.11 Å². The molecule has 0 N–H and O–H groups in total. The zero-order chi connectivity index (χ0) is 11.8. The van der Waals surface area contributed by atoms with Crippen molar-refractivity contribution in [2.45, 2.75) is 25.7 Å². The molecule has 0 spiro atoms. The van der Waals surface area contributed by atoms with Crippen LogP contribution in [0.4, 0.5) is 0 Å². The maximum Gasteiger partial charge on any atom is 0.194 e. The van der Waals surface area contributed by atoms with E-state index < -0.39 is 0 Å². The molecule has 0 aliphatic heterocycles. The second kappa shape index (κ2) is 4.15. The standard InChI is InChI=1S/C14H14O2S/c1-15-9-6-7-11-10-4-2-3-5-12(10)14(17)16-13(11)8-9/h6-8H,2-5H2,1H3.